The molecule has 0 saturated heterocycles. The fraction of sp³-hybridized carbons (Fsp3) is 0.222. The number of aromatic nitrogens is 1. The molecule has 0 radical (unpaired) electrons. The summed E-state index contributed by atoms with van der Waals surface area (Å²) in [4.78, 5) is 12.0. The summed E-state index contributed by atoms with van der Waals surface area (Å²) in [6, 6.07) is 1.73. The third-order valence-corrected chi connectivity index (χ3v) is 2.57. The van der Waals surface area contributed by atoms with Crippen molar-refractivity contribution < 1.29 is 0 Å². The van der Waals surface area contributed by atoms with E-state index in [4.69, 9.17) is 17.3 Å². The second-order valence-electron chi connectivity index (χ2n) is 2.75. The molecule has 15 heavy (non-hydrogen) atoms. The van der Waals surface area contributed by atoms with Crippen LogP contribution in [-0.4, -0.2) is 23.1 Å². The van der Waals surface area contributed by atoms with E-state index in [-0.39, 0.29) is 5.82 Å². The van der Waals surface area contributed by atoms with Crippen LogP contribution in [0.1, 0.15) is 5.56 Å². The first-order chi connectivity index (χ1) is 7.08. The molecule has 1 rings (SSSR count). The van der Waals surface area contributed by atoms with Crippen LogP contribution >= 0.6 is 23.4 Å². The van der Waals surface area contributed by atoms with E-state index in [1.54, 1.807) is 6.07 Å². The van der Waals surface area contributed by atoms with Gasteiger partial charge in [-0.05, 0) is 31.5 Å². The third-order valence-electron chi connectivity index (χ3n) is 1.69. The van der Waals surface area contributed by atoms with Gasteiger partial charge in [-0.2, -0.15) is 0 Å². The molecule has 0 amide bonds. The standard InChI is InChI=1S/C9H11ClN4S/c1-5-4-6(10)7(11)13-8(5)14-9(12-2)15-3/h4H,2H2,1,3H3,(H2,11,13)/b14-9+. The zero-order valence-corrected chi connectivity index (χ0v) is 10.1. The molecule has 0 unspecified atom stereocenters. The minimum atomic E-state index is 0.269. The molecule has 0 atom stereocenters. The lowest BCUT2D eigenvalue weighted by Crippen LogP contribution is -1.94. The molecular formula is C9H11ClN4S. The van der Waals surface area contributed by atoms with Crippen LogP contribution in [0, 0.1) is 6.92 Å². The van der Waals surface area contributed by atoms with Crippen LogP contribution in [0.4, 0.5) is 11.6 Å². The van der Waals surface area contributed by atoms with E-state index in [1.807, 2.05) is 13.2 Å². The molecule has 0 aliphatic carbocycles. The number of halogens is 1. The number of aryl methyl sites for hydroxylation is 1. The van der Waals surface area contributed by atoms with E-state index < -0.39 is 0 Å². The van der Waals surface area contributed by atoms with Crippen LogP contribution in [0.2, 0.25) is 5.02 Å². The molecule has 6 heteroatoms. The molecule has 0 aromatic carbocycles. The molecule has 0 saturated carbocycles. The number of aliphatic imine (C=N–C) groups is 2. The molecule has 80 valence electrons. The van der Waals surface area contributed by atoms with E-state index in [2.05, 4.69) is 21.7 Å². The Balaban J connectivity index is 3.20. The summed E-state index contributed by atoms with van der Waals surface area (Å²) in [6.45, 7) is 5.27. The summed E-state index contributed by atoms with van der Waals surface area (Å²) in [5.74, 6) is 0.791. The minimum Gasteiger partial charge on any atom is -0.382 e. The Hall–Kier alpha value is -1.07. The monoisotopic (exact) mass is 242 g/mol. The Morgan fingerprint density at radius 3 is 2.87 bits per heavy atom. The maximum atomic E-state index is 5.81. The van der Waals surface area contributed by atoms with E-state index in [1.165, 1.54) is 11.8 Å². The number of nitrogen functional groups attached to an aromatic ring is 1. The van der Waals surface area contributed by atoms with Crippen LogP contribution in [0.5, 0.6) is 0 Å². The number of hydrogen-bond acceptors (Lipinski definition) is 4. The van der Waals surface area contributed by atoms with Gasteiger partial charge in [-0.15, -0.1) is 0 Å². The van der Waals surface area contributed by atoms with Crippen molar-refractivity contribution in [3.8, 4) is 0 Å². The van der Waals surface area contributed by atoms with Crippen molar-refractivity contribution in [2.24, 2.45) is 9.98 Å². The summed E-state index contributed by atoms with van der Waals surface area (Å²) >= 11 is 7.20. The average molecular weight is 243 g/mol. The maximum Gasteiger partial charge on any atom is 0.188 e. The molecule has 0 aliphatic rings. The van der Waals surface area contributed by atoms with Gasteiger partial charge in [0.15, 0.2) is 11.0 Å². The van der Waals surface area contributed by atoms with Gasteiger partial charge in [-0.3, -0.25) is 0 Å². The van der Waals surface area contributed by atoms with Gasteiger partial charge in [-0.25, -0.2) is 15.0 Å². The lowest BCUT2D eigenvalue weighted by atomic mass is 10.3. The molecule has 0 bridgehead atoms. The molecular weight excluding hydrogens is 232 g/mol. The Kier molecular flexibility index (Phi) is 4.11. The largest absolute Gasteiger partial charge is 0.382 e. The second kappa shape index (κ2) is 5.14. The zero-order valence-electron chi connectivity index (χ0n) is 8.49. The molecule has 2 N–H and O–H groups in total. The fourth-order valence-electron chi connectivity index (χ4n) is 0.934. The van der Waals surface area contributed by atoms with Gasteiger partial charge in [0.05, 0.1) is 5.02 Å². The van der Waals surface area contributed by atoms with Crippen LogP contribution in [0.15, 0.2) is 16.1 Å². The van der Waals surface area contributed by atoms with E-state index in [0.717, 1.165) is 5.56 Å². The molecule has 1 aromatic rings. The van der Waals surface area contributed by atoms with Gasteiger partial charge in [-0.1, -0.05) is 23.4 Å². The highest BCUT2D eigenvalue weighted by atomic mass is 35.5. The first-order valence-electron chi connectivity index (χ1n) is 4.10. The van der Waals surface area contributed by atoms with Crippen molar-refractivity contribution in [1.82, 2.24) is 4.98 Å². The quantitative estimate of drug-likeness (QED) is 0.608. The first kappa shape index (κ1) is 12.0. The topological polar surface area (TPSA) is 63.6 Å². The Morgan fingerprint density at radius 2 is 2.33 bits per heavy atom. The van der Waals surface area contributed by atoms with Crippen molar-refractivity contribution in [2.75, 3.05) is 12.0 Å². The van der Waals surface area contributed by atoms with Crippen LogP contribution in [-0.2, 0) is 0 Å². The maximum absolute atomic E-state index is 5.81. The smallest absolute Gasteiger partial charge is 0.188 e. The van der Waals surface area contributed by atoms with Crippen molar-refractivity contribution >= 4 is 46.9 Å². The van der Waals surface area contributed by atoms with Crippen LogP contribution in [0.3, 0.4) is 0 Å². The molecule has 0 spiro atoms. The molecule has 1 heterocycles. The highest BCUT2D eigenvalue weighted by molar-refractivity contribution is 8.13. The van der Waals surface area contributed by atoms with E-state index in [0.29, 0.717) is 16.0 Å². The first-order valence-corrected chi connectivity index (χ1v) is 5.70. The normalized spacial score (nSPS) is 11.5. The second-order valence-corrected chi connectivity index (χ2v) is 3.93. The summed E-state index contributed by atoms with van der Waals surface area (Å²) in [7, 11) is 0. The molecule has 0 fully saturated rings. The number of amidine groups is 1. The highest BCUT2D eigenvalue weighted by Crippen LogP contribution is 2.25. The zero-order chi connectivity index (χ0) is 11.4. The van der Waals surface area contributed by atoms with E-state index in [9.17, 15) is 0 Å². The summed E-state index contributed by atoms with van der Waals surface area (Å²) in [6.07, 6.45) is 1.86. The average Bonchev–Trinajstić information content (AvgIpc) is 2.21. The Labute approximate surface area is 97.7 Å². The molecule has 0 aliphatic heterocycles. The number of hydrogen-bond donors (Lipinski definition) is 1. The van der Waals surface area contributed by atoms with E-state index >= 15 is 0 Å². The van der Waals surface area contributed by atoms with Crippen LogP contribution in [0.25, 0.3) is 0 Å². The summed E-state index contributed by atoms with van der Waals surface area (Å²) < 4.78 is 0. The van der Waals surface area contributed by atoms with Crippen LogP contribution < -0.4 is 5.73 Å². The minimum absolute atomic E-state index is 0.269. The van der Waals surface area contributed by atoms with Gasteiger partial charge < -0.3 is 5.73 Å². The van der Waals surface area contributed by atoms with Crippen molar-refractivity contribution in [1.29, 1.82) is 0 Å². The number of pyridine rings is 1. The number of nitrogens with two attached hydrogens (primary N) is 1. The fourth-order valence-corrected chi connectivity index (χ4v) is 1.45. The Bertz CT molecular complexity index is 417. The lowest BCUT2D eigenvalue weighted by Gasteiger charge is -2.03. The van der Waals surface area contributed by atoms with Crippen molar-refractivity contribution in [3.63, 3.8) is 0 Å². The van der Waals surface area contributed by atoms with Gasteiger partial charge >= 0.3 is 0 Å². The van der Waals surface area contributed by atoms with Gasteiger partial charge in [0.25, 0.3) is 0 Å². The van der Waals surface area contributed by atoms with Gasteiger partial charge in [0, 0.05) is 0 Å². The number of anilines is 1. The summed E-state index contributed by atoms with van der Waals surface area (Å²) in [5, 5.41) is 0.982. The lowest BCUT2D eigenvalue weighted by molar-refractivity contribution is 1.23. The third kappa shape index (κ3) is 2.94. The summed E-state index contributed by atoms with van der Waals surface area (Å²) in [5.41, 5.74) is 6.43. The number of thioether (sulfide) groups is 1. The van der Waals surface area contributed by atoms with Gasteiger partial charge in [0.2, 0.25) is 0 Å². The molecule has 4 nitrogen and oxygen atoms in total. The predicted octanol–water partition coefficient (Wildman–Crippen LogP) is 2.68. The predicted molar refractivity (Wildman–Crippen MR) is 68.6 cm³/mol. The van der Waals surface area contributed by atoms with Gasteiger partial charge in [0.1, 0.15) is 5.82 Å². The van der Waals surface area contributed by atoms with Crippen molar-refractivity contribution in [3.05, 3.63) is 16.7 Å². The molecule has 1 aromatic heterocycles. The SMILES string of the molecule is C=N/C(=N\c1nc(N)c(Cl)cc1C)SC. The Morgan fingerprint density at radius 1 is 1.67 bits per heavy atom. The number of rotatable bonds is 1. The number of nitrogens with zero attached hydrogens (tertiary/aromatic N) is 3. The van der Waals surface area contributed by atoms with Crippen molar-refractivity contribution in [2.45, 2.75) is 6.92 Å². The highest BCUT2D eigenvalue weighted by Gasteiger charge is 2.05.